The van der Waals surface area contributed by atoms with Gasteiger partial charge < -0.3 is 14.2 Å². The molecule has 1 heterocycles. The molecule has 1 saturated heterocycles. The largest absolute Gasteiger partial charge is 0.493 e. The van der Waals surface area contributed by atoms with Gasteiger partial charge in [0.05, 0.1) is 31.1 Å². The van der Waals surface area contributed by atoms with Gasteiger partial charge in [0.1, 0.15) is 0 Å². The van der Waals surface area contributed by atoms with Crippen LogP contribution in [0.5, 0.6) is 17.2 Å². The Bertz CT molecular complexity index is 1130. The number of aryl methyl sites for hydroxylation is 1. The Morgan fingerprint density at radius 1 is 1.03 bits per heavy atom. The van der Waals surface area contributed by atoms with Crippen LogP contribution in [0.25, 0.3) is 6.08 Å². The second-order valence-corrected chi connectivity index (χ2v) is 9.72. The van der Waals surface area contributed by atoms with Crippen LogP contribution < -0.4 is 19.0 Å². The van der Waals surface area contributed by atoms with E-state index in [2.05, 4.69) is 4.83 Å². The van der Waals surface area contributed by atoms with Crippen LogP contribution in [0.4, 0.5) is 0 Å². The van der Waals surface area contributed by atoms with Gasteiger partial charge in [-0.3, -0.25) is 4.79 Å². The van der Waals surface area contributed by atoms with E-state index >= 15 is 0 Å². The third-order valence-corrected chi connectivity index (χ3v) is 6.94. The zero-order chi connectivity index (χ0) is 22.8. The van der Waals surface area contributed by atoms with Gasteiger partial charge in [0.25, 0.3) is 15.9 Å². The quantitative estimate of drug-likeness (QED) is 0.477. The van der Waals surface area contributed by atoms with Crippen LogP contribution in [-0.2, 0) is 14.8 Å². The molecule has 8 nitrogen and oxygen atoms in total. The highest BCUT2D eigenvalue weighted by Gasteiger charge is 2.35. The van der Waals surface area contributed by atoms with Gasteiger partial charge in [0.15, 0.2) is 15.8 Å². The van der Waals surface area contributed by atoms with Crippen molar-refractivity contribution in [3.8, 4) is 17.2 Å². The molecular weight excluding hydrogens is 460 g/mol. The van der Waals surface area contributed by atoms with Crippen molar-refractivity contribution in [2.24, 2.45) is 0 Å². The Hall–Kier alpha value is -2.60. The molecule has 31 heavy (non-hydrogen) atoms. The summed E-state index contributed by atoms with van der Waals surface area (Å²) in [5.41, 5.74) is 1.51. The first-order chi connectivity index (χ1) is 14.7. The van der Waals surface area contributed by atoms with Crippen LogP contribution in [-0.4, -0.2) is 45.0 Å². The molecule has 1 N–H and O–H groups in total. The Morgan fingerprint density at radius 3 is 2.13 bits per heavy atom. The van der Waals surface area contributed by atoms with E-state index in [0.717, 1.165) is 22.3 Å². The summed E-state index contributed by atoms with van der Waals surface area (Å²) in [4.78, 5) is 15.4. The molecule has 2 aromatic rings. The monoisotopic (exact) mass is 480 g/mol. The van der Waals surface area contributed by atoms with Crippen molar-refractivity contribution in [3.63, 3.8) is 0 Å². The molecule has 0 spiro atoms. The highest BCUT2D eigenvalue weighted by molar-refractivity contribution is 8.26. The van der Waals surface area contributed by atoms with Crippen molar-refractivity contribution >= 4 is 50.3 Å². The lowest BCUT2D eigenvalue weighted by Gasteiger charge is -2.16. The summed E-state index contributed by atoms with van der Waals surface area (Å²) >= 11 is 6.20. The van der Waals surface area contributed by atoms with Crippen molar-refractivity contribution in [3.05, 3.63) is 52.4 Å². The normalized spacial score (nSPS) is 15.5. The Kier molecular flexibility index (Phi) is 6.90. The van der Waals surface area contributed by atoms with E-state index in [0.29, 0.717) is 22.8 Å². The van der Waals surface area contributed by atoms with Crippen molar-refractivity contribution in [2.75, 3.05) is 21.3 Å². The lowest BCUT2D eigenvalue weighted by atomic mass is 10.1. The number of hydrogen-bond acceptors (Lipinski definition) is 8. The van der Waals surface area contributed by atoms with Crippen LogP contribution in [0.3, 0.4) is 0 Å². The van der Waals surface area contributed by atoms with Crippen LogP contribution in [0.2, 0.25) is 0 Å². The number of thioether (sulfide) groups is 1. The number of hydrazine groups is 1. The molecular formula is C20H20N2O6S3. The van der Waals surface area contributed by atoms with E-state index in [9.17, 15) is 13.2 Å². The molecule has 0 saturated carbocycles. The highest BCUT2D eigenvalue weighted by Crippen LogP contribution is 2.40. The van der Waals surface area contributed by atoms with E-state index in [1.807, 2.05) is 6.92 Å². The number of nitrogens with zero attached hydrogens (tertiary/aromatic N) is 1. The van der Waals surface area contributed by atoms with Crippen LogP contribution in [0, 0.1) is 6.92 Å². The van der Waals surface area contributed by atoms with E-state index in [1.54, 1.807) is 30.3 Å². The molecule has 164 valence electrons. The highest BCUT2D eigenvalue weighted by atomic mass is 32.2. The van der Waals surface area contributed by atoms with Crippen LogP contribution >= 0.6 is 24.0 Å². The molecule has 1 aliphatic rings. The Morgan fingerprint density at radius 2 is 1.61 bits per heavy atom. The first kappa shape index (κ1) is 23.1. The number of thiocarbonyl (C=S) groups is 1. The van der Waals surface area contributed by atoms with Gasteiger partial charge in [-0.2, -0.15) is 0 Å². The second kappa shape index (κ2) is 9.27. The second-order valence-electron chi connectivity index (χ2n) is 6.38. The van der Waals surface area contributed by atoms with Crippen molar-refractivity contribution in [2.45, 2.75) is 11.8 Å². The minimum atomic E-state index is -3.98. The number of rotatable bonds is 7. The Balaban J connectivity index is 1.89. The average molecular weight is 481 g/mol. The van der Waals surface area contributed by atoms with E-state index in [1.165, 1.54) is 33.5 Å². The van der Waals surface area contributed by atoms with E-state index in [-0.39, 0.29) is 14.1 Å². The van der Waals surface area contributed by atoms with Crippen molar-refractivity contribution < 1.29 is 27.4 Å². The molecule has 0 aromatic heterocycles. The number of amides is 1. The minimum Gasteiger partial charge on any atom is -0.493 e. The third kappa shape index (κ3) is 4.85. The molecule has 0 bridgehead atoms. The molecule has 1 fully saturated rings. The molecule has 1 amide bonds. The molecule has 0 radical (unpaired) electrons. The molecule has 11 heteroatoms. The molecule has 2 aromatic carbocycles. The summed E-state index contributed by atoms with van der Waals surface area (Å²) < 4.78 is 41.3. The summed E-state index contributed by atoms with van der Waals surface area (Å²) in [5.74, 6) is 0.673. The lowest BCUT2D eigenvalue weighted by molar-refractivity contribution is -0.123. The zero-order valence-electron chi connectivity index (χ0n) is 17.2. The maximum atomic E-state index is 12.9. The van der Waals surface area contributed by atoms with Gasteiger partial charge in [-0.1, -0.05) is 41.7 Å². The van der Waals surface area contributed by atoms with E-state index < -0.39 is 15.9 Å². The van der Waals surface area contributed by atoms with Crippen molar-refractivity contribution in [1.82, 2.24) is 9.84 Å². The number of methoxy groups -OCH3 is 3. The predicted molar refractivity (Wildman–Crippen MR) is 123 cm³/mol. The zero-order valence-corrected chi connectivity index (χ0v) is 19.6. The number of nitrogens with one attached hydrogen (secondary N) is 1. The fourth-order valence-corrected chi connectivity index (χ4v) is 5.08. The smallest absolute Gasteiger partial charge is 0.281 e. The van der Waals surface area contributed by atoms with Gasteiger partial charge in [-0.15, -0.1) is 4.83 Å². The molecule has 0 aliphatic carbocycles. The molecule has 0 unspecified atom stereocenters. The van der Waals surface area contributed by atoms with Crippen molar-refractivity contribution in [1.29, 1.82) is 0 Å². The van der Waals surface area contributed by atoms with Gasteiger partial charge in [-0.25, -0.2) is 13.4 Å². The van der Waals surface area contributed by atoms with Gasteiger partial charge in [0.2, 0.25) is 5.75 Å². The number of carbonyl (C=O) groups excluding carboxylic acids is 1. The molecule has 1 aliphatic heterocycles. The minimum absolute atomic E-state index is 0.0285. The summed E-state index contributed by atoms with van der Waals surface area (Å²) in [6.07, 6.45) is 1.57. The summed E-state index contributed by atoms with van der Waals surface area (Å²) in [6.45, 7) is 1.85. The number of hydrogen-bond donors (Lipinski definition) is 1. The lowest BCUT2D eigenvalue weighted by Crippen LogP contribution is -2.44. The predicted octanol–water partition coefficient (Wildman–Crippen LogP) is 3.12. The van der Waals surface area contributed by atoms with Gasteiger partial charge in [-0.05, 0) is 42.8 Å². The van der Waals surface area contributed by atoms with E-state index in [4.69, 9.17) is 26.4 Å². The number of ether oxygens (including phenoxy) is 3. The summed E-state index contributed by atoms with van der Waals surface area (Å²) in [5, 5.41) is 0.846. The standard InChI is InChI=1S/C20H20N2O6S3/c1-12-5-7-14(8-6-12)31(24,25)21-22-19(23)17(30-20(22)29)11-13-9-15(26-2)18(28-4)16(10-13)27-3/h5-11,21H,1-4H3/b17-11-. The fourth-order valence-electron chi connectivity index (χ4n) is 2.77. The summed E-state index contributed by atoms with van der Waals surface area (Å²) in [6, 6.07) is 9.60. The number of benzene rings is 2. The first-order valence-corrected chi connectivity index (χ1v) is 11.6. The first-order valence-electron chi connectivity index (χ1n) is 8.87. The number of carbonyl (C=O) groups is 1. The topological polar surface area (TPSA) is 94.2 Å². The van der Waals surface area contributed by atoms with Crippen LogP contribution in [0.15, 0.2) is 46.2 Å². The SMILES string of the molecule is COc1cc(/C=C2\SC(=S)N(NS(=O)(=O)c3ccc(C)cc3)C2=O)cc(OC)c1OC. The third-order valence-electron chi connectivity index (χ3n) is 4.32. The maximum Gasteiger partial charge on any atom is 0.281 e. The average Bonchev–Trinajstić information content (AvgIpc) is 3.00. The maximum absolute atomic E-state index is 12.9. The van der Waals surface area contributed by atoms with Gasteiger partial charge in [0, 0.05) is 0 Å². The fraction of sp³-hybridized carbons (Fsp3) is 0.200. The summed E-state index contributed by atoms with van der Waals surface area (Å²) in [7, 11) is 0.482. The molecule has 3 rings (SSSR count). The number of sulfonamides is 1. The Labute approximate surface area is 190 Å². The molecule has 0 atom stereocenters. The van der Waals surface area contributed by atoms with Gasteiger partial charge >= 0.3 is 0 Å². The van der Waals surface area contributed by atoms with Crippen LogP contribution in [0.1, 0.15) is 11.1 Å².